The Balaban J connectivity index is 2.01. The van der Waals surface area contributed by atoms with Crippen molar-refractivity contribution in [2.45, 2.75) is 25.4 Å². The second-order valence-electron chi connectivity index (χ2n) is 4.43. The average molecular weight is 259 g/mol. The molecule has 1 N–H and O–H groups in total. The molecule has 1 unspecified atom stereocenters. The van der Waals surface area contributed by atoms with Gasteiger partial charge in [0, 0.05) is 19.6 Å². The molecule has 1 fully saturated rings. The number of halogens is 2. The molecule has 1 heterocycles. The van der Waals surface area contributed by atoms with Crippen LogP contribution in [0.25, 0.3) is 0 Å². The fourth-order valence-electron chi connectivity index (χ4n) is 2.20. The predicted molar refractivity (Wildman–Crippen MR) is 64.7 cm³/mol. The number of hydrogen-bond donors (Lipinski definition) is 1. The van der Waals surface area contributed by atoms with E-state index in [2.05, 4.69) is 0 Å². The monoisotopic (exact) mass is 258 g/mol. The molecule has 2 nitrogen and oxygen atoms in total. The number of rotatable bonds is 3. The summed E-state index contributed by atoms with van der Waals surface area (Å²) in [5.41, 5.74) is 0.672. The van der Waals surface area contributed by atoms with Crippen molar-refractivity contribution < 1.29 is 14.2 Å². The average Bonchev–Trinajstić information content (AvgIpc) is 2.36. The zero-order chi connectivity index (χ0) is 12.3. The number of aliphatic hydroxyl groups excluding tert-OH is 1. The minimum atomic E-state index is -0.474. The van der Waals surface area contributed by atoms with Gasteiger partial charge in [0.2, 0.25) is 0 Å². The maximum atomic E-state index is 13.2. The van der Waals surface area contributed by atoms with E-state index in [0.29, 0.717) is 25.2 Å². The van der Waals surface area contributed by atoms with Crippen molar-refractivity contribution in [3.05, 3.63) is 34.6 Å². The summed E-state index contributed by atoms with van der Waals surface area (Å²) in [6.07, 6.45) is 1.64. The van der Waals surface area contributed by atoms with Gasteiger partial charge in [0.25, 0.3) is 0 Å². The molecule has 0 aromatic heterocycles. The van der Waals surface area contributed by atoms with Crippen molar-refractivity contribution in [1.82, 2.24) is 0 Å². The first-order chi connectivity index (χ1) is 8.18. The normalized spacial score (nSPS) is 19.2. The molecule has 4 heteroatoms. The highest BCUT2D eigenvalue weighted by Crippen LogP contribution is 2.25. The second-order valence-corrected chi connectivity index (χ2v) is 4.81. The summed E-state index contributed by atoms with van der Waals surface area (Å²) in [5, 5.41) is 10.2. The smallest absolute Gasteiger partial charge is 0.142 e. The molecule has 0 radical (unpaired) electrons. The first-order valence-electron chi connectivity index (χ1n) is 5.87. The van der Waals surface area contributed by atoms with Gasteiger partial charge in [0.1, 0.15) is 5.82 Å². The summed E-state index contributed by atoms with van der Waals surface area (Å²) in [7, 11) is 0. The van der Waals surface area contributed by atoms with Crippen LogP contribution >= 0.6 is 11.6 Å². The fourth-order valence-corrected chi connectivity index (χ4v) is 2.40. The molecule has 1 aliphatic rings. The van der Waals surface area contributed by atoms with Crippen LogP contribution in [0.15, 0.2) is 18.2 Å². The van der Waals surface area contributed by atoms with Crippen molar-refractivity contribution in [3.8, 4) is 0 Å². The molecule has 0 spiro atoms. The van der Waals surface area contributed by atoms with Gasteiger partial charge in [0.15, 0.2) is 0 Å². The summed E-state index contributed by atoms with van der Waals surface area (Å²) in [6, 6.07) is 4.70. The minimum Gasteiger partial charge on any atom is -0.392 e. The van der Waals surface area contributed by atoms with Gasteiger partial charge >= 0.3 is 0 Å². The minimum absolute atomic E-state index is 0.124. The molecule has 94 valence electrons. The number of hydrogen-bond acceptors (Lipinski definition) is 2. The van der Waals surface area contributed by atoms with E-state index in [9.17, 15) is 9.50 Å². The van der Waals surface area contributed by atoms with E-state index in [4.69, 9.17) is 16.3 Å². The molecule has 1 aromatic carbocycles. The highest BCUT2D eigenvalue weighted by molar-refractivity contribution is 6.31. The van der Waals surface area contributed by atoms with E-state index < -0.39 is 11.9 Å². The fraction of sp³-hybridized carbons (Fsp3) is 0.538. The van der Waals surface area contributed by atoms with Gasteiger partial charge in [-0.3, -0.25) is 0 Å². The van der Waals surface area contributed by atoms with E-state index in [1.165, 1.54) is 6.07 Å². The molecular formula is C13H16ClFO2. The second kappa shape index (κ2) is 5.80. The van der Waals surface area contributed by atoms with Gasteiger partial charge in [0.05, 0.1) is 11.1 Å². The number of ether oxygens (including phenoxy) is 1. The largest absolute Gasteiger partial charge is 0.392 e. The van der Waals surface area contributed by atoms with Gasteiger partial charge in [-0.1, -0.05) is 23.7 Å². The van der Waals surface area contributed by atoms with Crippen LogP contribution in [-0.4, -0.2) is 24.4 Å². The SMILES string of the molecule is OC(Cc1cccc(F)c1Cl)C1CCOCC1. The Hall–Kier alpha value is -0.640. The van der Waals surface area contributed by atoms with Crippen molar-refractivity contribution in [1.29, 1.82) is 0 Å². The zero-order valence-corrected chi connectivity index (χ0v) is 10.3. The third-order valence-electron chi connectivity index (χ3n) is 3.27. The van der Waals surface area contributed by atoms with Crippen LogP contribution in [0.3, 0.4) is 0 Å². The summed E-state index contributed by atoms with van der Waals surface area (Å²) in [4.78, 5) is 0. The van der Waals surface area contributed by atoms with E-state index in [0.717, 1.165) is 12.8 Å². The van der Waals surface area contributed by atoms with Crippen molar-refractivity contribution in [2.24, 2.45) is 5.92 Å². The van der Waals surface area contributed by atoms with Gasteiger partial charge in [-0.05, 0) is 30.4 Å². The van der Waals surface area contributed by atoms with Gasteiger partial charge in [-0.25, -0.2) is 4.39 Å². The molecular weight excluding hydrogens is 243 g/mol. The topological polar surface area (TPSA) is 29.5 Å². The van der Waals surface area contributed by atoms with Gasteiger partial charge in [-0.2, -0.15) is 0 Å². The third kappa shape index (κ3) is 3.18. The zero-order valence-electron chi connectivity index (χ0n) is 9.53. The van der Waals surface area contributed by atoms with E-state index >= 15 is 0 Å². The van der Waals surface area contributed by atoms with Crippen molar-refractivity contribution >= 4 is 11.6 Å². The molecule has 0 bridgehead atoms. The van der Waals surface area contributed by atoms with Crippen molar-refractivity contribution in [2.75, 3.05) is 13.2 Å². The van der Waals surface area contributed by atoms with Crippen LogP contribution in [-0.2, 0) is 11.2 Å². The summed E-state index contributed by atoms with van der Waals surface area (Å²) in [5.74, 6) is -0.202. The lowest BCUT2D eigenvalue weighted by atomic mass is 9.90. The Kier molecular flexibility index (Phi) is 4.37. The summed E-state index contributed by atoms with van der Waals surface area (Å²) in [6.45, 7) is 1.39. The Morgan fingerprint density at radius 1 is 1.41 bits per heavy atom. The quantitative estimate of drug-likeness (QED) is 0.903. The molecule has 1 atom stereocenters. The van der Waals surface area contributed by atoms with Crippen LogP contribution in [0, 0.1) is 11.7 Å². The van der Waals surface area contributed by atoms with Crippen LogP contribution in [0.5, 0.6) is 0 Å². The molecule has 0 amide bonds. The first kappa shape index (κ1) is 12.8. The number of aliphatic hydroxyl groups is 1. The Morgan fingerprint density at radius 3 is 2.82 bits per heavy atom. The lowest BCUT2D eigenvalue weighted by Crippen LogP contribution is -2.29. The van der Waals surface area contributed by atoms with Gasteiger partial charge in [-0.15, -0.1) is 0 Å². The highest BCUT2D eigenvalue weighted by Gasteiger charge is 2.23. The maximum Gasteiger partial charge on any atom is 0.142 e. The van der Waals surface area contributed by atoms with E-state index in [1.807, 2.05) is 0 Å². The van der Waals surface area contributed by atoms with Crippen LogP contribution in [0.4, 0.5) is 4.39 Å². The molecule has 1 saturated heterocycles. The molecule has 17 heavy (non-hydrogen) atoms. The van der Waals surface area contributed by atoms with Crippen LogP contribution in [0.1, 0.15) is 18.4 Å². The molecule has 0 aliphatic carbocycles. The van der Waals surface area contributed by atoms with Crippen molar-refractivity contribution in [3.63, 3.8) is 0 Å². The lowest BCUT2D eigenvalue weighted by molar-refractivity contribution is 0.00838. The maximum absolute atomic E-state index is 13.2. The highest BCUT2D eigenvalue weighted by atomic mass is 35.5. The Bertz CT molecular complexity index is 378. The van der Waals surface area contributed by atoms with E-state index in [-0.39, 0.29) is 10.9 Å². The number of benzene rings is 1. The summed E-state index contributed by atoms with van der Waals surface area (Å²) >= 11 is 5.87. The Morgan fingerprint density at radius 2 is 2.12 bits per heavy atom. The van der Waals surface area contributed by atoms with Crippen LogP contribution in [0.2, 0.25) is 5.02 Å². The molecule has 1 aromatic rings. The summed E-state index contributed by atoms with van der Waals surface area (Å²) < 4.78 is 18.5. The molecule has 2 rings (SSSR count). The first-order valence-corrected chi connectivity index (χ1v) is 6.25. The van der Waals surface area contributed by atoms with Crippen LogP contribution < -0.4 is 0 Å². The Labute approximate surface area is 105 Å². The van der Waals surface area contributed by atoms with Gasteiger partial charge < -0.3 is 9.84 Å². The standard InChI is InChI=1S/C13H16ClFO2/c14-13-10(2-1-3-11(13)15)8-12(16)9-4-6-17-7-5-9/h1-3,9,12,16H,4-8H2. The van der Waals surface area contributed by atoms with E-state index in [1.54, 1.807) is 12.1 Å². The molecule has 0 saturated carbocycles. The third-order valence-corrected chi connectivity index (χ3v) is 3.69. The lowest BCUT2D eigenvalue weighted by Gasteiger charge is -2.27. The molecule has 1 aliphatic heterocycles. The predicted octanol–water partition coefficient (Wildman–Crippen LogP) is 2.81.